The number of carbonyl (C=O) groups is 2. The van der Waals surface area contributed by atoms with E-state index < -0.39 is 0 Å². The van der Waals surface area contributed by atoms with Crippen molar-refractivity contribution in [1.29, 1.82) is 0 Å². The Morgan fingerprint density at radius 1 is 0.933 bits per heavy atom. The first-order valence-electron chi connectivity index (χ1n) is 10.1. The van der Waals surface area contributed by atoms with E-state index in [1.807, 2.05) is 56.3 Å². The van der Waals surface area contributed by atoms with Crippen LogP contribution in [0.5, 0.6) is 0 Å². The van der Waals surface area contributed by atoms with Crippen molar-refractivity contribution in [2.45, 2.75) is 32.7 Å². The van der Waals surface area contributed by atoms with Crippen LogP contribution in [0.1, 0.15) is 26.7 Å². The minimum atomic E-state index is -0.231. The minimum Gasteiger partial charge on any atom is -0.326 e. The molecule has 0 aliphatic heterocycles. The number of urea groups is 1. The normalized spacial score (nSPS) is 11.7. The molecule has 0 spiro atoms. The molecule has 5 nitrogen and oxygen atoms in total. The standard InChI is InChI=1S/C24H26ClN3O2/c1-3-17(2)28(24(30)27-21-12-9-20(25)10-13-21)15-14-23(29)26-22-11-8-18-6-4-5-7-19(18)16-22/h4-13,16-17H,3,14-15H2,1-2H3,(H,26,29)(H,27,30). The number of hydrogen-bond donors (Lipinski definition) is 2. The highest BCUT2D eigenvalue weighted by Crippen LogP contribution is 2.19. The number of nitrogens with zero attached hydrogens (tertiary/aromatic N) is 1. The van der Waals surface area contributed by atoms with E-state index in [9.17, 15) is 9.59 Å². The van der Waals surface area contributed by atoms with Crippen LogP contribution < -0.4 is 10.6 Å². The van der Waals surface area contributed by atoms with Crippen molar-refractivity contribution >= 4 is 45.7 Å². The maximum atomic E-state index is 12.8. The summed E-state index contributed by atoms with van der Waals surface area (Å²) in [6, 6.07) is 20.5. The lowest BCUT2D eigenvalue weighted by Gasteiger charge is -2.28. The molecule has 156 valence electrons. The molecule has 1 atom stereocenters. The summed E-state index contributed by atoms with van der Waals surface area (Å²) in [6.07, 6.45) is 1.01. The van der Waals surface area contributed by atoms with Crippen molar-refractivity contribution in [3.05, 3.63) is 71.8 Å². The van der Waals surface area contributed by atoms with Crippen LogP contribution in [0.3, 0.4) is 0 Å². The van der Waals surface area contributed by atoms with Crippen molar-refractivity contribution < 1.29 is 9.59 Å². The third kappa shape index (κ3) is 5.74. The van der Waals surface area contributed by atoms with Crippen molar-refractivity contribution in [2.24, 2.45) is 0 Å². The third-order valence-corrected chi connectivity index (χ3v) is 5.34. The summed E-state index contributed by atoms with van der Waals surface area (Å²) >= 11 is 5.90. The quantitative estimate of drug-likeness (QED) is 0.478. The molecule has 0 radical (unpaired) electrons. The summed E-state index contributed by atoms with van der Waals surface area (Å²) in [7, 11) is 0. The second-order valence-corrected chi connectivity index (χ2v) is 7.68. The topological polar surface area (TPSA) is 61.4 Å². The van der Waals surface area contributed by atoms with Gasteiger partial charge >= 0.3 is 6.03 Å². The smallest absolute Gasteiger partial charge is 0.322 e. The van der Waals surface area contributed by atoms with Crippen LogP contribution in [0.25, 0.3) is 10.8 Å². The van der Waals surface area contributed by atoms with Gasteiger partial charge in [0.2, 0.25) is 5.91 Å². The molecule has 1 unspecified atom stereocenters. The van der Waals surface area contributed by atoms with Crippen LogP contribution in [0, 0.1) is 0 Å². The number of anilines is 2. The van der Waals surface area contributed by atoms with Gasteiger partial charge in [0.25, 0.3) is 0 Å². The average molecular weight is 424 g/mol. The fourth-order valence-corrected chi connectivity index (χ4v) is 3.31. The highest BCUT2D eigenvalue weighted by molar-refractivity contribution is 6.30. The maximum Gasteiger partial charge on any atom is 0.322 e. The predicted octanol–water partition coefficient (Wildman–Crippen LogP) is 6.15. The molecule has 6 heteroatoms. The lowest BCUT2D eigenvalue weighted by atomic mass is 10.1. The van der Waals surface area contributed by atoms with E-state index in [0.29, 0.717) is 17.3 Å². The first kappa shape index (κ1) is 21.7. The molecule has 0 saturated heterocycles. The molecular weight excluding hydrogens is 398 g/mol. The second kappa shape index (κ2) is 10.1. The predicted molar refractivity (Wildman–Crippen MR) is 124 cm³/mol. The Morgan fingerprint density at radius 2 is 1.60 bits per heavy atom. The average Bonchev–Trinajstić information content (AvgIpc) is 2.75. The number of fused-ring (bicyclic) bond motifs is 1. The van der Waals surface area contributed by atoms with E-state index in [-0.39, 0.29) is 24.4 Å². The van der Waals surface area contributed by atoms with Gasteiger partial charge in [-0.15, -0.1) is 0 Å². The SMILES string of the molecule is CCC(C)N(CCC(=O)Nc1ccc2ccccc2c1)C(=O)Nc1ccc(Cl)cc1. The van der Waals surface area contributed by atoms with Crippen LogP contribution in [-0.2, 0) is 4.79 Å². The zero-order valence-electron chi connectivity index (χ0n) is 17.2. The largest absolute Gasteiger partial charge is 0.326 e. The number of nitrogens with one attached hydrogen (secondary N) is 2. The van der Waals surface area contributed by atoms with Crippen LogP contribution in [-0.4, -0.2) is 29.4 Å². The first-order valence-corrected chi connectivity index (χ1v) is 10.5. The molecule has 3 rings (SSSR count). The Morgan fingerprint density at radius 3 is 2.30 bits per heavy atom. The monoisotopic (exact) mass is 423 g/mol. The Bertz CT molecular complexity index is 1020. The Hall–Kier alpha value is -3.05. The van der Waals surface area contributed by atoms with Crippen LogP contribution >= 0.6 is 11.6 Å². The molecule has 3 aromatic carbocycles. The summed E-state index contributed by atoms with van der Waals surface area (Å²) < 4.78 is 0. The number of benzene rings is 3. The number of halogens is 1. The van der Waals surface area contributed by atoms with Crippen LogP contribution in [0.15, 0.2) is 66.7 Å². The van der Waals surface area contributed by atoms with Gasteiger partial charge in [0, 0.05) is 35.4 Å². The molecule has 0 saturated carbocycles. The summed E-state index contributed by atoms with van der Waals surface area (Å²) in [5.74, 6) is -0.127. The van der Waals surface area contributed by atoms with Crippen molar-refractivity contribution in [3.63, 3.8) is 0 Å². The van der Waals surface area contributed by atoms with E-state index in [1.165, 1.54) is 0 Å². The van der Waals surface area contributed by atoms with E-state index in [2.05, 4.69) is 10.6 Å². The molecule has 0 fully saturated rings. The Balaban J connectivity index is 1.60. The second-order valence-electron chi connectivity index (χ2n) is 7.25. The Labute approximate surface area is 182 Å². The number of amides is 3. The van der Waals surface area contributed by atoms with E-state index in [1.54, 1.807) is 29.2 Å². The Kier molecular flexibility index (Phi) is 7.31. The lowest BCUT2D eigenvalue weighted by Crippen LogP contribution is -2.42. The van der Waals surface area contributed by atoms with Crippen LogP contribution in [0.2, 0.25) is 5.02 Å². The van der Waals surface area contributed by atoms with Gasteiger partial charge in [0.05, 0.1) is 0 Å². The van der Waals surface area contributed by atoms with Crippen molar-refractivity contribution in [1.82, 2.24) is 4.90 Å². The zero-order chi connectivity index (χ0) is 21.5. The third-order valence-electron chi connectivity index (χ3n) is 5.09. The van der Waals surface area contributed by atoms with Gasteiger partial charge in [-0.2, -0.15) is 0 Å². The first-order chi connectivity index (χ1) is 14.5. The van der Waals surface area contributed by atoms with Gasteiger partial charge in [0.15, 0.2) is 0 Å². The number of rotatable bonds is 7. The van der Waals surface area contributed by atoms with Crippen molar-refractivity contribution in [2.75, 3.05) is 17.2 Å². The summed E-state index contributed by atoms with van der Waals surface area (Å²) in [5, 5.41) is 8.60. The molecule has 0 aliphatic carbocycles. The molecule has 30 heavy (non-hydrogen) atoms. The summed E-state index contributed by atoms with van der Waals surface area (Å²) in [6.45, 7) is 4.32. The fourth-order valence-electron chi connectivity index (χ4n) is 3.18. The summed E-state index contributed by atoms with van der Waals surface area (Å²) in [4.78, 5) is 27.0. The van der Waals surface area contributed by atoms with E-state index in [4.69, 9.17) is 11.6 Å². The molecule has 3 aromatic rings. The molecule has 3 amide bonds. The van der Waals surface area contributed by atoms with E-state index >= 15 is 0 Å². The van der Waals surface area contributed by atoms with Crippen LogP contribution in [0.4, 0.5) is 16.2 Å². The minimum absolute atomic E-state index is 0.00534. The number of hydrogen-bond acceptors (Lipinski definition) is 2. The van der Waals surface area contributed by atoms with Crippen molar-refractivity contribution in [3.8, 4) is 0 Å². The molecule has 2 N–H and O–H groups in total. The van der Waals surface area contributed by atoms with Gasteiger partial charge in [-0.3, -0.25) is 4.79 Å². The van der Waals surface area contributed by atoms with Gasteiger partial charge in [0.1, 0.15) is 0 Å². The van der Waals surface area contributed by atoms with E-state index in [0.717, 1.165) is 22.9 Å². The molecule has 0 bridgehead atoms. The van der Waals surface area contributed by atoms with Gasteiger partial charge < -0.3 is 15.5 Å². The number of carbonyl (C=O) groups excluding carboxylic acids is 2. The highest BCUT2D eigenvalue weighted by atomic mass is 35.5. The van der Waals surface area contributed by atoms with Gasteiger partial charge in [-0.1, -0.05) is 48.9 Å². The summed E-state index contributed by atoms with van der Waals surface area (Å²) in [5.41, 5.74) is 1.41. The highest BCUT2D eigenvalue weighted by Gasteiger charge is 2.20. The van der Waals surface area contributed by atoms with Gasteiger partial charge in [-0.25, -0.2) is 4.79 Å². The molecule has 0 aromatic heterocycles. The molecular formula is C24H26ClN3O2. The maximum absolute atomic E-state index is 12.8. The lowest BCUT2D eigenvalue weighted by molar-refractivity contribution is -0.116. The fraction of sp³-hybridized carbons (Fsp3) is 0.250. The van der Waals surface area contributed by atoms with Gasteiger partial charge in [-0.05, 0) is 60.5 Å². The zero-order valence-corrected chi connectivity index (χ0v) is 17.9. The molecule has 0 aliphatic rings. The molecule has 0 heterocycles.